The van der Waals surface area contributed by atoms with Gasteiger partial charge in [0.15, 0.2) is 5.60 Å². The molecule has 0 fully saturated rings. The number of hydrogen-bond acceptors (Lipinski definition) is 9. The summed E-state index contributed by atoms with van der Waals surface area (Å²) < 4.78 is 7.92. The highest BCUT2D eigenvalue weighted by molar-refractivity contribution is 7.13. The standard InChI is InChI=1S/C20H23N5OS.C6H8O7/c1-16-5-6-18(26-16)14-25(9-3-8-24-10-7-21-15-24)13-17-12-22-23-20(17)19-4-2-11-27-19;7-3(8)1-6(13,5(11)12)2-4(9)10/h2,4-7,10-12,15H,3,8-9,13-14H2,1H3,(H,22,23);13H,1-2H2,(H,7,8)(H,9,10)(H,11,12). The van der Waals surface area contributed by atoms with E-state index in [0.717, 1.165) is 49.8 Å². The number of carbonyl (C=O) groups is 3. The Hall–Kier alpha value is -4.27. The van der Waals surface area contributed by atoms with Crippen LogP contribution in [-0.4, -0.2) is 75.1 Å². The van der Waals surface area contributed by atoms with E-state index in [2.05, 4.69) is 48.2 Å². The Morgan fingerprint density at radius 1 is 1.12 bits per heavy atom. The average Bonchev–Trinajstić information content (AvgIpc) is 3.67. The predicted octanol–water partition coefficient (Wildman–Crippen LogP) is 3.08. The lowest BCUT2D eigenvalue weighted by molar-refractivity contribution is -0.170. The Morgan fingerprint density at radius 3 is 2.42 bits per heavy atom. The quantitative estimate of drug-likeness (QED) is 0.149. The van der Waals surface area contributed by atoms with Gasteiger partial charge in [-0.1, -0.05) is 6.07 Å². The lowest BCUT2D eigenvalue weighted by atomic mass is 9.96. The highest BCUT2D eigenvalue weighted by atomic mass is 32.1. The minimum atomic E-state index is -2.74. The molecule has 0 atom stereocenters. The number of thiophene rings is 1. The Morgan fingerprint density at radius 2 is 1.88 bits per heavy atom. The van der Waals surface area contributed by atoms with Crippen molar-refractivity contribution < 1.29 is 39.2 Å². The molecule has 214 valence electrons. The van der Waals surface area contributed by atoms with Crippen LogP contribution < -0.4 is 0 Å². The number of hydrogen-bond donors (Lipinski definition) is 5. The van der Waals surface area contributed by atoms with Gasteiger partial charge in [0.2, 0.25) is 0 Å². The first-order valence-corrected chi connectivity index (χ1v) is 13.1. The summed E-state index contributed by atoms with van der Waals surface area (Å²) >= 11 is 1.73. The van der Waals surface area contributed by atoms with Crippen LogP contribution in [0.4, 0.5) is 0 Å². The molecule has 5 N–H and O–H groups in total. The molecule has 0 bridgehead atoms. The number of carboxylic acids is 3. The Labute approximate surface area is 233 Å². The highest BCUT2D eigenvalue weighted by Crippen LogP contribution is 2.27. The van der Waals surface area contributed by atoms with Gasteiger partial charge in [0.25, 0.3) is 0 Å². The first-order chi connectivity index (χ1) is 19.1. The smallest absolute Gasteiger partial charge is 0.336 e. The van der Waals surface area contributed by atoms with Gasteiger partial charge >= 0.3 is 17.9 Å². The van der Waals surface area contributed by atoms with Crippen LogP contribution in [0.1, 0.15) is 36.3 Å². The molecular formula is C26H31N5O8S. The lowest BCUT2D eigenvalue weighted by Gasteiger charge is -2.21. The van der Waals surface area contributed by atoms with Crippen molar-refractivity contribution in [2.24, 2.45) is 0 Å². The zero-order valence-electron chi connectivity index (χ0n) is 21.8. The third-order valence-electron chi connectivity index (χ3n) is 5.79. The van der Waals surface area contributed by atoms with Crippen molar-refractivity contribution in [3.05, 3.63) is 71.6 Å². The third kappa shape index (κ3) is 9.18. The van der Waals surface area contributed by atoms with Crippen molar-refractivity contribution in [1.29, 1.82) is 0 Å². The zero-order valence-corrected chi connectivity index (χ0v) is 22.6. The molecule has 0 aliphatic carbocycles. The number of H-pyrrole nitrogens is 1. The molecule has 0 unspecified atom stereocenters. The maximum Gasteiger partial charge on any atom is 0.336 e. The summed E-state index contributed by atoms with van der Waals surface area (Å²) in [5.41, 5.74) is -0.416. The number of furan rings is 1. The van der Waals surface area contributed by atoms with Crippen LogP contribution >= 0.6 is 11.3 Å². The number of aliphatic hydroxyl groups is 1. The number of aliphatic carboxylic acids is 3. The van der Waals surface area contributed by atoms with Gasteiger partial charge in [-0.2, -0.15) is 5.10 Å². The van der Waals surface area contributed by atoms with Crippen LogP contribution in [0.15, 0.2) is 59.0 Å². The van der Waals surface area contributed by atoms with E-state index in [4.69, 9.17) is 24.8 Å². The summed E-state index contributed by atoms with van der Waals surface area (Å²) in [6.45, 7) is 5.52. The summed E-state index contributed by atoms with van der Waals surface area (Å²) in [4.78, 5) is 38.2. The summed E-state index contributed by atoms with van der Waals surface area (Å²) in [7, 11) is 0. The van der Waals surface area contributed by atoms with Gasteiger partial charge in [-0.15, -0.1) is 11.3 Å². The molecule has 0 spiro atoms. The molecule has 4 heterocycles. The maximum atomic E-state index is 10.3. The van der Waals surface area contributed by atoms with Crippen LogP contribution in [0.2, 0.25) is 0 Å². The molecule has 0 aliphatic rings. The predicted molar refractivity (Wildman–Crippen MR) is 143 cm³/mol. The van der Waals surface area contributed by atoms with Crippen LogP contribution in [0.25, 0.3) is 10.6 Å². The van der Waals surface area contributed by atoms with Gasteiger partial charge in [-0.3, -0.25) is 19.6 Å². The van der Waals surface area contributed by atoms with E-state index in [1.54, 1.807) is 11.3 Å². The number of nitrogens with zero attached hydrogens (tertiary/aromatic N) is 4. The normalized spacial score (nSPS) is 11.3. The van der Waals surface area contributed by atoms with Crippen LogP contribution in [-0.2, 0) is 34.0 Å². The Balaban J connectivity index is 0.000000289. The summed E-state index contributed by atoms with van der Waals surface area (Å²) in [5, 5.41) is 43.3. The fourth-order valence-electron chi connectivity index (χ4n) is 3.92. The van der Waals surface area contributed by atoms with Gasteiger partial charge in [0.1, 0.15) is 11.5 Å². The van der Waals surface area contributed by atoms with E-state index < -0.39 is 36.4 Å². The zero-order chi connectivity index (χ0) is 29.1. The fraction of sp³-hybridized carbons (Fsp3) is 0.346. The van der Waals surface area contributed by atoms with E-state index in [-0.39, 0.29) is 0 Å². The van der Waals surface area contributed by atoms with Crippen molar-refractivity contribution in [1.82, 2.24) is 24.6 Å². The Kier molecular flexibility index (Phi) is 10.8. The number of imidazole rings is 1. The van der Waals surface area contributed by atoms with E-state index >= 15 is 0 Å². The maximum absolute atomic E-state index is 10.3. The van der Waals surface area contributed by atoms with Crippen molar-refractivity contribution in [2.75, 3.05) is 6.54 Å². The van der Waals surface area contributed by atoms with E-state index in [1.807, 2.05) is 37.9 Å². The molecule has 0 aromatic carbocycles. The lowest BCUT2D eigenvalue weighted by Crippen LogP contribution is -2.42. The number of aromatic amines is 1. The molecular weight excluding hydrogens is 542 g/mol. The van der Waals surface area contributed by atoms with Gasteiger partial charge in [0.05, 0.1) is 42.5 Å². The molecule has 0 aliphatic heterocycles. The molecule has 0 saturated carbocycles. The van der Waals surface area contributed by atoms with E-state index in [0.29, 0.717) is 0 Å². The van der Waals surface area contributed by atoms with Crippen LogP contribution in [0, 0.1) is 6.92 Å². The van der Waals surface area contributed by atoms with Crippen molar-refractivity contribution in [3.8, 4) is 10.6 Å². The van der Waals surface area contributed by atoms with Gasteiger partial charge in [-0.25, -0.2) is 9.78 Å². The minimum absolute atomic E-state index is 0.785. The second-order valence-electron chi connectivity index (χ2n) is 9.10. The summed E-state index contributed by atoms with van der Waals surface area (Å²) in [6.07, 6.45) is 6.38. The molecule has 0 amide bonds. The number of nitrogens with one attached hydrogen (secondary N) is 1. The molecule has 4 aromatic heterocycles. The molecule has 13 nitrogen and oxygen atoms in total. The second-order valence-corrected chi connectivity index (χ2v) is 10.1. The molecule has 4 aromatic rings. The summed E-state index contributed by atoms with van der Waals surface area (Å²) in [5.74, 6) is -3.07. The van der Waals surface area contributed by atoms with E-state index in [1.165, 1.54) is 10.4 Å². The number of aromatic nitrogens is 4. The highest BCUT2D eigenvalue weighted by Gasteiger charge is 2.40. The number of carboxylic acid groups (broad SMARTS) is 3. The molecule has 14 heteroatoms. The Bertz CT molecular complexity index is 1350. The second kappa shape index (κ2) is 14.2. The van der Waals surface area contributed by atoms with Crippen molar-refractivity contribution in [3.63, 3.8) is 0 Å². The first kappa shape index (κ1) is 30.3. The van der Waals surface area contributed by atoms with Gasteiger partial charge in [-0.05, 0) is 36.9 Å². The molecule has 40 heavy (non-hydrogen) atoms. The topological polar surface area (TPSA) is 195 Å². The average molecular weight is 574 g/mol. The number of rotatable bonds is 14. The van der Waals surface area contributed by atoms with Crippen molar-refractivity contribution in [2.45, 2.75) is 51.4 Å². The SMILES string of the molecule is Cc1ccc(CN(CCCn2ccnc2)Cc2cn[nH]c2-c2cccs2)o1.O=C(O)CC(O)(CC(=O)O)C(=O)O. The largest absolute Gasteiger partial charge is 0.481 e. The fourth-order valence-corrected chi connectivity index (χ4v) is 4.68. The van der Waals surface area contributed by atoms with E-state index in [9.17, 15) is 14.4 Å². The van der Waals surface area contributed by atoms with Crippen molar-refractivity contribution >= 4 is 29.2 Å². The molecule has 4 rings (SSSR count). The van der Waals surface area contributed by atoms with Gasteiger partial charge < -0.3 is 29.4 Å². The molecule has 0 radical (unpaired) electrons. The molecule has 0 saturated heterocycles. The summed E-state index contributed by atoms with van der Waals surface area (Å²) in [6, 6.07) is 8.28. The monoisotopic (exact) mass is 573 g/mol. The minimum Gasteiger partial charge on any atom is -0.481 e. The van der Waals surface area contributed by atoms with Crippen LogP contribution in [0.5, 0.6) is 0 Å². The van der Waals surface area contributed by atoms with Gasteiger partial charge in [0, 0.05) is 37.6 Å². The third-order valence-corrected chi connectivity index (χ3v) is 6.68. The van der Waals surface area contributed by atoms with Crippen LogP contribution in [0.3, 0.4) is 0 Å². The number of aryl methyl sites for hydroxylation is 2. The first-order valence-electron chi connectivity index (χ1n) is 12.2.